The van der Waals surface area contributed by atoms with E-state index in [4.69, 9.17) is 14.8 Å². The van der Waals surface area contributed by atoms with E-state index in [1.54, 1.807) is 6.08 Å². The molecule has 0 radical (unpaired) electrons. The Balaban J connectivity index is 4.35. The molecular formula is C40H79N2O7P. The minimum absolute atomic E-state index is 0.0457. The van der Waals surface area contributed by atoms with Crippen LogP contribution in [0.5, 0.6) is 0 Å². The maximum atomic E-state index is 12.7. The van der Waals surface area contributed by atoms with E-state index in [9.17, 15) is 24.5 Å². The standard InChI is InChI=1S/C40H79N2O7P/c1-3-5-7-9-11-13-14-15-16-17-18-19-20-21-22-23-24-26-28-30-32-39(44)38(36-49-50(46,47)48-34-33-41)42-40(45)35-37(43)31-29-27-25-12-10-8-6-4-2/h23-24,30,32,37-39,43-44H,3-22,25-29,31,33-36,41H2,1-2H3,(H,42,45)(H,46,47)/b24-23+,32-30+. The molecule has 1 amide bonds. The van der Waals surface area contributed by atoms with Gasteiger partial charge in [0.05, 0.1) is 37.9 Å². The summed E-state index contributed by atoms with van der Waals surface area (Å²) in [5.74, 6) is -0.458. The second-order valence-corrected chi connectivity index (χ2v) is 15.5. The number of nitrogens with two attached hydrogens (primary N) is 1. The molecule has 6 N–H and O–H groups in total. The monoisotopic (exact) mass is 731 g/mol. The lowest BCUT2D eigenvalue weighted by atomic mass is 10.0. The molecule has 0 fully saturated rings. The molecule has 0 bridgehead atoms. The largest absolute Gasteiger partial charge is 0.472 e. The van der Waals surface area contributed by atoms with Crippen molar-refractivity contribution in [2.24, 2.45) is 5.73 Å². The van der Waals surface area contributed by atoms with E-state index in [0.717, 1.165) is 32.1 Å². The minimum atomic E-state index is -4.40. The third-order valence-corrected chi connectivity index (χ3v) is 10.1. The second kappa shape index (κ2) is 36.3. The normalized spacial score (nSPS) is 15.1. The SMILES string of the molecule is CCCCCCCCCCCCCCCC/C=C/CC/C=C/C(O)C(COP(=O)(O)OCCN)NC(=O)CC(O)CCCCCCCCCC. The molecule has 0 aliphatic carbocycles. The summed E-state index contributed by atoms with van der Waals surface area (Å²) >= 11 is 0. The highest BCUT2D eigenvalue weighted by atomic mass is 31.2. The van der Waals surface area contributed by atoms with E-state index in [-0.39, 0.29) is 19.6 Å². The summed E-state index contributed by atoms with van der Waals surface area (Å²) in [6.45, 7) is 3.92. The first-order valence-electron chi connectivity index (χ1n) is 20.5. The number of amides is 1. The van der Waals surface area contributed by atoms with Crippen molar-refractivity contribution in [3.05, 3.63) is 24.3 Å². The summed E-state index contributed by atoms with van der Waals surface area (Å²) in [6, 6.07) is -0.994. The number of unbranched alkanes of at least 4 members (excludes halogenated alkanes) is 22. The number of phosphoric ester groups is 1. The van der Waals surface area contributed by atoms with Gasteiger partial charge in [0.1, 0.15) is 0 Å². The molecule has 4 unspecified atom stereocenters. The Kier molecular flexibility index (Phi) is 35.5. The third kappa shape index (κ3) is 34.0. The molecule has 0 saturated heterocycles. The highest BCUT2D eigenvalue weighted by molar-refractivity contribution is 7.47. The summed E-state index contributed by atoms with van der Waals surface area (Å²) in [4.78, 5) is 22.6. The van der Waals surface area contributed by atoms with Crippen LogP contribution in [0, 0.1) is 0 Å². The van der Waals surface area contributed by atoms with Crippen LogP contribution >= 0.6 is 7.82 Å². The Morgan fingerprint density at radius 3 is 1.66 bits per heavy atom. The zero-order chi connectivity index (χ0) is 37.0. The maximum absolute atomic E-state index is 12.7. The number of hydrogen-bond acceptors (Lipinski definition) is 7. The lowest BCUT2D eigenvalue weighted by Gasteiger charge is -2.24. The topological polar surface area (TPSA) is 151 Å². The predicted molar refractivity (Wildman–Crippen MR) is 209 cm³/mol. The average molecular weight is 731 g/mol. The van der Waals surface area contributed by atoms with E-state index in [0.29, 0.717) is 12.8 Å². The first kappa shape index (κ1) is 48.9. The number of aliphatic hydroxyl groups excluding tert-OH is 2. The van der Waals surface area contributed by atoms with Crippen LogP contribution in [0.4, 0.5) is 0 Å². The van der Waals surface area contributed by atoms with Crippen LogP contribution in [0.2, 0.25) is 0 Å². The maximum Gasteiger partial charge on any atom is 0.472 e. The fourth-order valence-electron chi connectivity index (χ4n) is 5.96. The Morgan fingerprint density at radius 2 is 1.14 bits per heavy atom. The fourth-order valence-corrected chi connectivity index (χ4v) is 6.72. The molecule has 0 aromatic rings. The molecule has 4 atom stereocenters. The van der Waals surface area contributed by atoms with Gasteiger partial charge >= 0.3 is 7.82 Å². The Bertz CT molecular complexity index is 858. The number of carbonyl (C=O) groups is 1. The number of nitrogens with one attached hydrogen (secondary N) is 1. The van der Waals surface area contributed by atoms with Crippen molar-refractivity contribution in [2.45, 2.75) is 205 Å². The lowest BCUT2D eigenvalue weighted by molar-refractivity contribution is -0.124. The van der Waals surface area contributed by atoms with Gasteiger partial charge in [0.25, 0.3) is 0 Å². The summed E-state index contributed by atoms with van der Waals surface area (Å²) < 4.78 is 22.0. The predicted octanol–water partition coefficient (Wildman–Crippen LogP) is 9.97. The zero-order valence-corrected chi connectivity index (χ0v) is 33.1. The molecule has 0 heterocycles. The molecule has 0 aromatic carbocycles. The van der Waals surface area contributed by atoms with Gasteiger partial charge < -0.3 is 26.2 Å². The number of allylic oxidation sites excluding steroid dienone is 3. The molecule has 0 rings (SSSR count). The van der Waals surface area contributed by atoms with Crippen LogP contribution in [0.15, 0.2) is 24.3 Å². The van der Waals surface area contributed by atoms with Crippen LogP contribution in [-0.4, -0.2) is 59.0 Å². The molecule has 0 aliphatic heterocycles. The zero-order valence-electron chi connectivity index (χ0n) is 32.3. The molecule has 9 nitrogen and oxygen atoms in total. The first-order chi connectivity index (χ1) is 24.3. The van der Waals surface area contributed by atoms with Gasteiger partial charge in [-0.25, -0.2) is 4.57 Å². The van der Waals surface area contributed by atoms with E-state index in [1.807, 2.05) is 6.08 Å². The highest BCUT2D eigenvalue weighted by Crippen LogP contribution is 2.43. The van der Waals surface area contributed by atoms with Crippen LogP contribution in [-0.2, 0) is 18.4 Å². The molecule has 50 heavy (non-hydrogen) atoms. The molecule has 0 spiro atoms. The van der Waals surface area contributed by atoms with Gasteiger partial charge in [-0.1, -0.05) is 173 Å². The van der Waals surface area contributed by atoms with Crippen LogP contribution in [0.25, 0.3) is 0 Å². The lowest BCUT2D eigenvalue weighted by Crippen LogP contribution is -2.46. The minimum Gasteiger partial charge on any atom is -0.393 e. The van der Waals surface area contributed by atoms with Crippen molar-refractivity contribution in [1.29, 1.82) is 0 Å². The van der Waals surface area contributed by atoms with Gasteiger partial charge in [-0.2, -0.15) is 0 Å². The number of aliphatic hydroxyl groups is 2. The van der Waals surface area contributed by atoms with E-state index < -0.39 is 38.6 Å². The molecule has 296 valence electrons. The van der Waals surface area contributed by atoms with Gasteiger partial charge in [-0.05, 0) is 32.1 Å². The van der Waals surface area contributed by atoms with Crippen LogP contribution < -0.4 is 11.1 Å². The third-order valence-electron chi connectivity index (χ3n) is 9.08. The number of rotatable bonds is 38. The molecule has 10 heteroatoms. The van der Waals surface area contributed by atoms with Crippen molar-refractivity contribution in [2.75, 3.05) is 19.8 Å². The van der Waals surface area contributed by atoms with Gasteiger partial charge in [-0.3, -0.25) is 13.8 Å². The van der Waals surface area contributed by atoms with Gasteiger partial charge in [0.15, 0.2) is 0 Å². The highest BCUT2D eigenvalue weighted by Gasteiger charge is 2.27. The summed E-state index contributed by atoms with van der Waals surface area (Å²) in [6.07, 6.45) is 37.1. The summed E-state index contributed by atoms with van der Waals surface area (Å²) in [7, 11) is -4.40. The van der Waals surface area contributed by atoms with Crippen molar-refractivity contribution in [3.8, 4) is 0 Å². The fraction of sp³-hybridized carbons (Fsp3) is 0.875. The Morgan fingerprint density at radius 1 is 0.680 bits per heavy atom. The molecule has 0 aromatic heterocycles. The van der Waals surface area contributed by atoms with Gasteiger partial charge in [-0.15, -0.1) is 0 Å². The second-order valence-electron chi connectivity index (χ2n) is 14.0. The van der Waals surface area contributed by atoms with Crippen molar-refractivity contribution in [1.82, 2.24) is 5.32 Å². The van der Waals surface area contributed by atoms with Crippen LogP contribution in [0.3, 0.4) is 0 Å². The Hall–Kier alpha value is -1.06. The van der Waals surface area contributed by atoms with Crippen LogP contribution in [0.1, 0.15) is 187 Å². The van der Waals surface area contributed by atoms with Gasteiger partial charge in [0, 0.05) is 6.54 Å². The van der Waals surface area contributed by atoms with Gasteiger partial charge in [0.2, 0.25) is 5.91 Å². The number of phosphoric acid groups is 1. The summed E-state index contributed by atoms with van der Waals surface area (Å²) in [5.41, 5.74) is 5.34. The van der Waals surface area contributed by atoms with E-state index in [2.05, 4.69) is 31.3 Å². The van der Waals surface area contributed by atoms with E-state index >= 15 is 0 Å². The number of carbonyl (C=O) groups excluding carboxylic acids is 1. The first-order valence-corrected chi connectivity index (χ1v) is 22.0. The quantitative estimate of drug-likeness (QED) is 0.0239. The van der Waals surface area contributed by atoms with Crippen molar-refractivity contribution >= 4 is 13.7 Å². The molecule has 0 aliphatic rings. The van der Waals surface area contributed by atoms with Crippen molar-refractivity contribution < 1.29 is 33.5 Å². The molecular weight excluding hydrogens is 651 g/mol. The average Bonchev–Trinajstić information content (AvgIpc) is 3.09. The smallest absolute Gasteiger partial charge is 0.393 e. The number of hydrogen-bond donors (Lipinski definition) is 5. The Labute approximate surface area is 307 Å². The summed E-state index contributed by atoms with van der Waals surface area (Å²) in [5, 5.41) is 23.9. The molecule has 0 saturated carbocycles. The van der Waals surface area contributed by atoms with Crippen molar-refractivity contribution in [3.63, 3.8) is 0 Å². The van der Waals surface area contributed by atoms with E-state index in [1.165, 1.54) is 122 Å².